The summed E-state index contributed by atoms with van der Waals surface area (Å²) in [6.07, 6.45) is 0.474. The van der Waals surface area contributed by atoms with Gasteiger partial charge in [-0.15, -0.1) is 0 Å². The Hall–Kier alpha value is -1.02. The summed E-state index contributed by atoms with van der Waals surface area (Å²) in [6.45, 7) is 0.0428. The molecule has 0 heterocycles. The summed E-state index contributed by atoms with van der Waals surface area (Å²) in [6, 6.07) is 17.0. The molecular weight excluding hydrogens is 485 g/mol. The highest BCUT2D eigenvalue weighted by atomic mass is 127. The van der Waals surface area contributed by atoms with Crippen molar-refractivity contribution in [2.75, 3.05) is 11.9 Å². The normalized spacial score (nSPS) is 10.2. The molecule has 0 fully saturated rings. The topological polar surface area (TPSA) is 58.2 Å². The van der Waals surface area contributed by atoms with Gasteiger partial charge in [0.25, 0.3) is 5.91 Å². The number of hydrogen-bond acceptors (Lipinski definition) is 2. The molecule has 2 rings (SSSR count). The average molecular weight is 500 g/mol. The molecule has 0 spiro atoms. The number of carbonyl (C=O) groups excluding carboxylic acids is 2. The van der Waals surface area contributed by atoms with E-state index in [-0.39, 0.29) is 12.5 Å². The number of rotatable bonds is 4. The van der Waals surface area contributed by atoms with E-state index in [0.29, 0.717) is 12.0 Å². The molecule has 0 unspecified atom stereocenters. The van der Waals surface area contributed by atoms with E-state index >= 15 is 0 Å². The molecule has 4 nitrogen and oxygen atoms in total. The maximum absolute atomic E-state index is 11.9. The molecule has 2 amide bonds. The SMILES string of the molecule is O=C(Nc1ccccc1)c1ccccc1I.O=CNCC(Cl)(Cl)Cl. The summed E-state index contributed by atoms with van der Waals surface area (Å²) in [5, 5.41) is 5.07. The molecule has 0 aromatic heterocycles. The van der Waals surface area contributed by atoms with Gasteiger partial charge in [0.2, 0.25) is 10.2 Å². The number of nitrogens with one attached hydrogen (secondary N) is 2. The molecule has 0 aliphatic heterocycles. The number of anilines is 1. The zero-order valence-electron chi connectivity index (χ0n) is 12.3. The molecule has 8 heteroatoms. The number of alkyl halides is 3. The van der Waals surface area contributed by atoms with Crippen LogP contribution in [0.4, 0.5) is 5.69 Å². The van der Waals surface area contributed by atoms with Crippen molar-refractivity contribution in [3.63, 3.8) is 0 Å². The van der Waals surface area contributed by atoms with Crippen LogP contribution in [0.15, 0.2) is 54.6 Å². The summed E-state index contributed by atoms with van der Waals surface area (Å²) >= 11 is 17.8. The maximum Gasteiger partial charge on any atom is 0.256 e. The van der Waals surface area contributed by atoms with Crippen LogP contribution < -0.4 is 10.6 Å². The van der Waals surface area contributed by atoms with Gasteiger partial charge in [-0.25, -0.2) is 0 Å². The Bertz CT molecular complexity index is 664. The quantitative estimate of drug-likeness (QED) is 0.366. The Morgan fingerprint density at radius 1 is 1.04 bits per heavy atom. The van der Waals surface area contributed by atoms with Crippen molar-refractivity contribution < 1.29 is 9.59 Å². The van der Waals surface area contributed by atoms with Gasteiger partial charge in [0.05, 0.1) is 12.1 Å². The first-order valence-electron chi connectivity index (χ1n) is 6.68. The van der Waals surface area contributed by atoms with E-state index in [1.165, 1.54) is 0 Å². The molecule has 0 aliphatic carbocycles. The highest BCUT2D eigenvalue weighted by Crippen LogP contribution is 2.23. The van der Waals surface area contributed by atoms with Gasteiger partial charge in [-0.2, -0.15) is 0 Å². The number of para-hydroxylation sites is 1. The van der Waals surface area contributed by atoms with Gasteiger partial charge in [-0.05, 0) is 46.9 Å². The lowest BCUT2D eigenvalue weighted by Crippen LogP contribution is -2.24. The van der Waals surface area contributed by atoms with E-state index < -0.39 is 3.79 Å². The largest absolute Gasteiger partial charge is 0.354 e. The molecule has 0 atom stereocenters. The first-order valence-corrected chi connectivity index (χ1v) is 8.89. The Balaban J connectivity index is 0.000000307. The predicted molar refractivity (Wildman–Crippen MR) is 108 cm³/mol. The van der Waals surface area contributed by atoms with Crippen LogP contribution >= 0.6 is 57.4 Å². The second-order valence-electron chi connectivity index (χ2n) is 4.41. The second-order valence-corrected chi connectivity index (χ2v) is 8.09. The van der Waals surface area contributed by atoms with Gasteiger partial charge in [-0.3, -0.25) is 9.59 Å². The Kier molecular flexibility index (Phi) is 9.43. The zero-order chi connectivity index (χ0) is 18.0. The fourth-order valence-electron chi connectivity index (χ4n) is 1.52. The minimum atomic E-state index is -1.37. The van der Waals surface area contributed by atoms with E-state index in [1.807, 2.05) is 54.6 Å². The highest BCUT2D eigenvalue weighted by molar-refractivity contribution is 14.1. The zero-order valence-corrected chi connectivity index (χ0v) is 16.7. The van der Waals surface area contributed by atoms with Gasteiger partial charge >= 0.3 is 0 Å². The Morgan fingerprint density at radius 3 is 2.12 bits per heavy atom. The molecule has 2 aromatic carbocycles. The van der Waals surface area contributed by atoms with Crippen LogP contribution in [0.25, 0.3) is 0 Å². The number of amides is 2. The van der Waals surface area contributed by atoms with Gasteiger partial charge in [0.15, 0.2) is 0 Å². The third-order valence-electron chi connectivity index (χ3n) is 2.54. The lowest BCUT2D eigenvalue weighted by atomic mass is 10.2. The van der Waals surface area contributed by atoms with Gasteiger partial charge in [0.1, 0.15) is 0 Å². The van der Waals surface area contributed by atoms with Crippen LogP contribution in [0, 0.1) is 3.57 Å². The van der Waals surface area contributed by atoms with Crippen LogP contribution in [0.3, 0.4) is 0 Å². The van der Waals surface area contributed by atoms with Crippen molar-refractivity contribution in [3.05, 3.63) is 63.7 Å². The molecule has 2 N–H and O–H groups in total. The maximum atomic E-state index is 11.9. The van der Waals surface area contributed by atoms with Gasteiger partial charge < -0.3 is 10.6 Å². The molecule has 0 saturated heterocycles. The first-order chi connectivity index (χ1) is 11.3. The Morgan fingerprint density at radius 2 is 1.62 bits per heavy atom. The van der Waals surface area contributed by atoms with Crippen molar-refractivity contribution in [1.29, 1.82) is 0 Å². The number of benzene rings is 2. The van der Waals surface area contributed by atoms with Crippen LogP contribution in [0.1, 0.15) is 10.4 Å². The van der Waals surface area contributed by atoms with Crippen LogP contribution in [0.2, 0.25) is 0 Å². The number of carbonyl (C=O) groups is 2. The molecule has 128 valence electrons. The second kappa shape index (κ2) is 10.8. The van der Waals surface area contributed by atoms with Crippen LogP contribution in [0.5, 0.6) is 0 Å². The summed E-state index contributed by atoms with van der Waals surface area (Å²) in [7, 11) is 0. The molecule has 0 saturated carbocycles. The summed E-state index contributed by atoms with van der Waals surface area (Å²) < 4.78 is -0.422. The summed E-state index contributed by atoms with van der Waals surface area (Å²) in [5.74, 6) is -0.0730. The minimum Gasteiger partial charge on any atom is -0.354 e. The van der Waals surface area contributed by atoms with Gasteiger partial charge in [-0.1, -0.05) is 65.1 Å². The van der Waals surface area contributed by atoms with E-state index in [2.05, 4.69) is 33.2 Å². The van der Waals surface area contributed by atoms with E-state index in [4.69, 9.17) is 34.8 Å². The Labute approximate surface area is 169 Å². The first kappa shape index (κ1) is 21.0. The molecule has 0 aliphatic rings. The molecular formula is C16H14Cl3IN2O2. The molecule has 0 bridgehead atoms. The van der Waals surface area contributed by atoms with E-state index in [9.17, 15) is 9.59 Å². The van der Waals surface area contributed by atoms with Crippen molar-refractivity contribution in [1.82, 2.24) is 5.32 Å². The average Bonchev–Trinajstić information content (AvgIpc) is 2.54. The fraction of sp³-hybridized carbons (Fsp3) is 0.125. The molecule has 0 radical (unpaired) electrons. The van der Waals surface area contributed by atoms with Crippen molar-refractivity contribution in [3.8, 4) is 0 Å². The third kappa shape index (κ3) is 8.73. The lowest BCUT2D eigenvalue weighted by molar-refractivity contribution is -0.109. The van der Waals surface area contributed by atoms with E-state index in [1.54, 1.807) is 0 Å². The minimum absolute atomic E-state index is 0.0428. The van der Waals surface area contributed by atoms with Crippen LogP contribution in [-0.4, -0.2) is 22.7 Å². The monoisotopic (exact) mass is 498 g/mol. The molecule has 2 aromatic rings. The fourth-order valence-corrected chi connectivity index (χ4v) is 2.39. The third-order valence-corrected chi connectivity index (χ3v) is 3.88. The highest BCUT2D eigenvalue weighted by Gasteiger charge is 2.17. The van der Waals surface area contributed by atoms with Crippen molar-refractivity contribution in [2.24, 2.45) is 0 Å². The van der Waals surface area contributed by atoms with E-state index in [0.717, 1.165) is 9.26 Å². The lowest BCUT2D eigenvalue weighted by Gasteiger charge is -2.07. The number of halogens is 4. The smallest absolute Gasteiger partial charge is 0.256 e. The number of hydrogen-bond donors (Lipinski definition) is 2. The predicted octanol–water partition coefficient (Wildman–Crippen LogP) is 4.65. The summed E-state index contributed by atoms with van der Waals surface area (Å²) in [4.78, 5) is 21.5. The van der Waals surface area contributed by atoms with Crippen LogP contribution in [-0.2, 0) is 4.79 Å². The summed E-state index contributed by atoms with van der Waals surface area (Å²) in [5.41, 5.74) is 1.51. The molecule has 24 heavy (non-hydrogen) atoms. The standard InChI is InChI=1S/C13H10INO.C3H4Cl3NO/c14-12-9-5-4-8-11(12)13(16)15-10-6-2-1-3-7-10;4-3(5,6)1-7-2-8/h1-9H,(H,15,16);2H,1H2,(H,7,8). The van der Waals surface area contributed by atoms with Gasteiger partial charge in [0, 0.05) is 9.26 Å². The van der Waals surface area contributed by atoms with Crippen molar-refractivity contribution >= 4 is 75.4 Å². The van der Waals surface area contributed by atoms with Crippen molar-refractivity contribution in [2.45, 2.75) is 3.79 Å².